The minimum Gasteiger partial charge on any atom is -0.466 e. The lowest BCUT2D eigenvalue weighted by molar-refractivity contribution is -0.143. The highest BCUT2D eigenvalue weighted by molar-refractivity contribution is 5.76. The van der Waals surface area contributed by atoms with E-state index in [1.807, 2.05) is 0 Å². The topological polar surface area (TPSA) is 95.9 Å². The number of unbranched alkanes of at least 4 members (excludes halogenated alkanes) is 36. The molecule has 0 radical (unpaired) electrons. The molecule has 3 N–H and O–H groups in total. The molecular weight excluding hydrogens is 767 g/mol. The number of esters is 1. The summed E-state index contributed by atoms with van der Waals surface area (Å²) in [4.78, 5) is 24.4. The van der Waals surface area contributed by atoms with Crippen LogP contribution in [-0.2, 0) is 14.3 Å². The van der Waals surface area contributed by atoms with Gasteiger partial charge in [-0.2, -0.15) is 0 Å². The zero-order valence-electron chi connectivity index (χ0n) is 41.6. The van der Waals surface area contributed by atoms with Crippen LogP contribution in [0.3, 0.4) is 0 Å². The summed E-state index contributed by atoms with van der Waals surface area (Å²) in [6.07, 6.45) is 61.7. The summed E-state index contributed by atoms with van der Waals surface area (Å²) in [6, 6.07) is -0.545. The maximum absolute atomic E-state index is 12.4. The molecule has 6 heteroatoms. The Kier molecular flexibility index (Phi) is 50.6. The van der Waals surface area contributed by atoms with Crippen LogP contribution in [0.1, 0.15) is 296 Å². The largest absolute Gasteiger partial charge is 0.466 e. The van der Waals surface area contributed by atoms with Crippen LogP contribution in [0.25, 0.3) is 0 Å². The standard InChI is InChI=1S/C56H107NO5/c1-3-5-7-9-11-13-14-15-23-27-30-34-38-42-46-50-56(61)62-51-47-43-39-35-31-28-25-22-20-18-16-17-19-21-24-26-29-33-37-41-45-49-55(60)57-53(52-58)54(59)48-44-40-36-32-12-10-8-6-4-2/h15,17,19,23,53-54,58-59H,3-14,16,18,20-22,24-52H2,1-2H3,(H,57,60)/b19-17-,23-15-. The normalized spacial score (nSPS) is 12.8. The molecule has 0 fully saturated rings. The Labute approximate surface area is 386 Å². The molecule has 0 spiro atoms. The molecule has 0 aliphatic heterocycles. The van der Waals surface area contributed by atoms with Crippen LogP contribution in [0.5, 0.6) is 0 Å². The van der Waals surface area contributed by atoms with Gasteiger partial charge < -0.3 is 20.3 Å². The number of allylic oxidation sites excluding steroid dienone is 4. The van der Waals surface area contributed by atoms with Crippen molar-refractivity contribution >= 4 is 11.9 Å². The van der Waals surface area contributed by atoms with E-state index in [0.717, 1.165) is 44.9 Å². The van der Waals surface area contributed by atoms with Crippen LogP contribution in [0, 0.1) is 0 Å². The molecule has 0 rings (SSSR count). The molecule has 0 aromatic heterocycles. The van der Waals surface area contributed by atoms with Crippen molar-refractivity contribution in [2.24, 2.45) is 0 Å². The lowest BCUT2D eigenvalue weighted by Gasteiger charge is -2.22. The molecule has 1 amide bonds. The number of hydrogen-bond acceptors (Lipinski definition) is 5. The number of carbonyl (C=O) groups excluding carboxylic acids is 2. The molecule has 2 atom stereocenters. The molecule has 0 aliphatic carbocycles. The van der Waals surface area contributed by atoms with Gasteiger partial charge in [-0.25, -0.2) is 0 Å². The number of ether oxygens (including phenoxy) is 1. The number of hydrogen-bond donors (Lipinski definition) is 3. The number of amides is 1. The first-order valence-electron chi connectivity index (χ1n) is 27.6. The molecule has 366 valence electrons. The van der Waals surface area contributed by atoms with Crippen molar-refractivity contribution < 1.29 is 24.5 Å². The average Bonchev–Trinajstić information content (AvgIpc) is 3.27. The van der Waals surface area contributed by atoms with Crippen LogP contribution in [0.2, 0.25) is 0 Å². The maximum atomic E-state index is 12.4. The summed E-state index contributed by atoms with van der Waals surface area (Å²) in [5.41, 5.74) is 0. The lowest BCUT2D eigenvalue weighted by Crippen LogP contribution is -2.45. The highest BCUT2D eigenvalue weighted by Gasteiger charge is 2.20. The van der Waals surface area contributed by atoms with Crippen molar-refractivity contribution in [3.05, 3.63) is 24.3 Å². The fraction of sp³-hybridized carbons (Fsp3) is 0.893. The van der Waals surface area contributed by atoms with Crippen LogP contribution in [-0.4, -0.2) is 47.4 Å². The van der Waals surface area contributed by atoms with Gasteiger partial charge in [-0.15, -0.1) is 0 Å². The summed E-state index contributed by atoms with van der Waals surface area (Å²) in [5, 5.41) is 23.1. The van der Waals surface area contributed by atoms with Crippen molar-refractivity contribution in [3.63, 3.8) is 0 Å². The van der Waals surface area contributed by atoms with Crippen molar-refractivity contribution in [1.29, 1.82) is 0 Å². The van der Waals surface area contributed by atoms with Gasteiger partial charge in [-0.1, -0.05) is 231 Å². The SMILES string of the molecule is CCCCCCCC/C=C\CCCCCCCC(=O)OCCCCCCCCCCCC/C=C\CCCCCCCCCC(=O)NC(CO)C(O)CCCCCCCCCCC. The summed E-state index contributed by atoms with van der Waals surface area (Å²) in [5.74, 6) is -0.0453. The van der Waals surface area contributed by atoms with E-state index in [-0.39, 0.29) is 18.5 Å². The van der Waals surface area contributed by atoms with E-state index >= 15 is 0 Å². The van der Waals surface area contributed by atoms with Crippen molar-refractivity contribution in [3.8, 4) is 0 Å². The first kappa shape index (κ1) is 60.3. The number of nitrogens with one attached hydrogen (secondary N) is 1. The average molecular weight is 874 g/mol. The third-order valence-corrected chi connectivity index (χ3v) is 12.7. The quantitative estimate of drug-likeness (QED) is 0.0321. The molecule has 0 heterocycles. The van der Waals surface area contributed by atoms with Crippen molar-refractivity contribution in [2.45, 2.75) is 309 Å². The minimum absolute atomic E-state index is 0.0000307. The third kappa shape index (κ3) is 47.8. The molecular formula is C56H107NO5. The first-order chi connectivity index (χ1) is 30.5. The summed E-state index contributed by atoms with van der Waals surface area (Å²) >= 11 is 0. The number of carbonyl (C=O) groups is 2. The second-order valence-electron chi connectivity index (χ2n) is 18.9. The van der Waals surface area contributed by atoms with E-state index in [2.05, 4.69) is 43.5 Å². The lowest BCUT2D eigenvalue weighted by atomic mass is 10.0. The fourth-order valence-electron chi connectivity index (χ4n) is 8.45. The molecule has 0 bridgehead atoms. The van der Waals surface area contributed by atoms with Gasteiger partial charge in [0.05, 0.1) is 25.4 Å². The Hall–Kier alpha value is -1.66. The summed E-state index contributed by atoms with van der Waals surface area (Å²) in [6.45, 7) is 4.92. The second-order valence-corrected chi connectivity index (χ2v) is 18.9. The smallest absolute Gasteiger partial charge is 0.305 e. The Balaban J connectivity index is 3.40. The zero-order chi connectivity index (χ0) is 45.1. The van der Waals surface area contributed by atoms with Crippen molar-refractivity contribution in [1.82, 2.24) is 5.32 Å². The Morgan fingerprint density at radius 1 is 0.435 bits per heavy atom. The minimum atomic E-state index is -0.666. The maximum Gasteiger partial charge on any atom is 0.305 e. The second kappa shape index (κ2) is 52.0. The number of aliphatic hydroxyl groups is 2. The third-order valence-electron chi connectivity index (χ3n) is 12.7. The van der Waals surface area contributed by atoms with E-state index in [9.17, 15) is 19.8 Å². The molecule has 0 aliphatic rings. The van der Waals surface area contributed by atoms with Gasteiger partial charge in [0.1, 0.15) is 0 Å². The molecule has 2 unspecified atom stereocenters. The number of rotatable bonds is 51. The van der Waals surface area contributed by atoms with Crippen LogP contribution >= 0.6 is 0 Å². The summed E-state index contributed by atoms with van der Waals surface area (Å²) in [7, 11) is 0. The van der Waals surface area contributed by atoms with E-state index in [1.54, 1.807) is 0 Å². The molecule has 62 heavy (non-hydrogen) atoms. The first-order valence-corrected chi connectivity index (χ1v) is 27.6. The highest BCUT2D eigenvalue weighted by atomic mass is 16.5. The Bertz CT molecular complexity index is 966. The Morgan fingerprint density at radius 3 is 1.15 bits per heavy atom. The van der Waals surface area contributed by atoms with Gasteiger partial charge in [0, 0.05) is 12.8 Å². The zero-order valence-corrected chi connectivity index (χ0v) is 41.6. The van der Waals surface area contributed by atoms with Gasteiger partial charge in [-0.05, 0) is 77.0 Å². The molecule has 0 aromatic rings. The monoisotopic (exact) mass is 874 g/mol. The molecule has 6 nitrogen and oxygen atoms in total. The summed E-state index contributed by atoms with van der Waals surface area (Å²) < 4.78 is 5.47. The molecule has 0 saturated carbocycles. The van der Waals surface area contributed by atoms with E-state index in [1.165, 1.54) is 218 Å². The highest BCUT2D eigenvalue weighted by Crippen LogP contribution is 2.16. The number of aliphatic hydroxyl groups excluding tert-OH is 2. The predicted octanol–water partition coefficient (Wildman–Crippen LogP) is 16.7. The molecule has 0 saturated heterocycles. The van der Waals surface area contributed by atoms with Crippen LogP contribution in [0.4, 0.5) is 0 Å². The Morgan fingerprint density at radius 2 is 0.758 bits per heavy atom. The predicted molar refractivity (Wildman–Crippen MR) is 269 cm³/mol. The molecule has 0 aromatic carbocycles. The van der Waals surface area contributed by atoms with Crippen LogP contribution < -0.4 is 5.32 Å². The van der Waals surface area contributed by atoms with E-state index in [0.29, 0.717) is 25.9 Å². The van der Waals surface area contributed by atoms with Gasteiger partial charge in [0.15, 0.2) is 0 Å². The van der Waals surface area contributed by atoms with Crippen LogP contribution in [0.15, 0.2) is 24.3 Å². The van der Waals surface area contributed by atoms with E-state index < -0.39 is 12.1 Å². The van der Waals surface area contributed by atoms with Gasteiger partial charge >= 0.3 is 5.97 Å². The van der Waals surface area contributed by atoms with Gasteiger partial charge in [0.2, 0.25) is 5.91 Å². The van der Waals surface area contributed by atoms with Crippen molar-refractivity contribution in [2.75, 3.05) is 13.2 Å². The van der Waals surface area contributed by atoms with Gasteiger partial charge in [-0.3, -0.25) is 9.59 Å². The fourth-order valence-corrected chi connectivity index (χ4v) is 8.45. The van der Waals surface area contributed by atoms with Gasteiger partial charge in [0.25, 0.3) is 0 Å². The van der Waals surface area contributed by atoms with E-state index in [4.69, 9.17) is 4.74 Å².